The number of aliphatic imine (C=N–C) groups is 1. The van der Waals surface area contributed by atoms with Gasteiger partial charge in [-0.1, -0.05) is 12.2 Å². The Morgan fingerprint density at radius 3 is 2.21 bits per heavy atom. The Hall–Kier alpha value is -3.35. The minimum atomic E-state index is -4.42. The molecule has 1 fully saturated rings. The second-order valence-electron chi connectivity index (χ2n) is 6.45. The molecule has 142 valence electrons. The van der Waals surface area contributed by atoms with Gasteiger partial charge in [0.25, 0.3) is 5.91 Å². The van der Waals surface area contributed by atoms with Crippen molar-refractivity contribution in [3.8, 4) is 5.75 Å². The Bertz CT molecular complexity index is 1020. The zero-order valence-electron chi connectivity index (χ0n) is 14.6. The molecule has 1 saturated heterocycles. The van der Waals surface area contributed by atoms with E-state index in [4.69, 9.17) is 0 Å². The van der Waals surface area contributed by atoms with Crippen molar-refractivity contribution in [3.05, 3.63) is 77.5 Å². The van der Waals surface area contributed by atoms with E-state index in [0.29, 0.717) is 17.0 Å². The standard InChI is InChI=1S/C21H15F3N2O2/c22-21(23,24)13-5-7-14(8-6-13)25-19-17-3-1-2-4-18(17)26(20(19)28)15-9-11-16(27)12-10-15/h3-12,27H,1-2H2. The first-order valence-corrected chi connectivity index (χ1v) is 8.65. The fourth-order valence-corrected chi connectivity index (χ4v) is 3.24. The van der Waals surface area contributed by atoms with E-state index >= 15 is 0 Å². The molecule has 0 unspecified atom stereocenters. The number of alkyl halides is 3. The summed E-state index contributed by atoms with van der Waals surface area (Å²) in [6, 6.07) is 10.6. The molecular weight excluding hydrogens is 369 g/mol. The maximum atomic E-state index is 13.1. The molecule has 0 saturated carbocycles. The Morgan fingerprint density at radius 2 is 1.57 bits per heavy atom. The average molecular weight is 384 g/mol. The first kappa shape index (κ1) is 18.0. The van der Waals surface area contributed by atoms with Gasteiger partial charge in [0.15, 0.2) is 0 Å². The van der Waals surface area contributed by atoms with Gasteiger partial charge in [0, 0.05) is 11.3 Å². The Balaban J connectivity index is 1.74. The number of rotatable bonds is 2. The highest BCUT2D eigenvalue weighted by Crippen LogP contribution is 2.37. The molecule has 2 aliphatic rings. The molecule has 1 N–H and O–H groups in total. The molecule has 2 aromatic rings. The van der Waals surface area contributed by atoms with Crippen LogP contribution < -0.4 is 4.90 Å². The molecule has 7 heteroatoms. The van der Waals surface area contributed by atoms with Crippen molar-refractivity contribution in [2.24, 2.45) is 4.99 Å². The van der Waals surface area contributed by atoms with Gasteiger partial charge >= 0.3 is 6.18 Å². The summed E-state index contributed by atoms with van der Waals surface area (Å²) in [6.07, 6.45) is 0.952. The summed E-state index contributed by atoms with van der Waals surface area (Å²) in [4.78, 5) is 18.9. The minimum Gasteiger partial charge on any atom is -0.508 e. The van der Waals surface area contributed by atoms with Crippen LogP contribution in [0.1, 0.15) is 18.4 Å². The number of phenolic OH excluding ortho intramolecular Hbond substituents is 1. The largest absolute Gasteiger partial charge is 0.508 e. The SMILES string of the molecule is O=C1C(=Nc2ccc(C(F)(F)F)cc2)C2=CCCC=C2N1c1ccc(O)cc1. The van der Waals surface area contributed by atoms with Crippen molar-refractivity contribution in [1.29, 1.82) is 0 Å². The zero-order valence-corrected chi connectivity index (χ0v) is 14.6. The van der Waals surface area contributed by atoms with Crippen LogP contribution in [0, 0.1) is 0 Å². The number of fused-ring (bicyclic) bond motifs is 1. The van der Waals surface area contributed by atoms with Crippen LogP contribution in [0.25, 0.3) is 0 Å². The molecule has 1 aliphatic carbocycles. The Labute approximate surface area is 158 Å². The summed E-state index contributed by atoms with van der Waals surface area (Å²) in [6.45, 7) is 0. The third-order valence-electron chi connectivity index (χ3n) is 4.57. The lowest BCUT2D eigenvalue weighted by molar-refractivity contribution is -0.137. The average Bonchev–Trinajstić information content (AvgIpc) is 2.94. The number of hydrogen-bond acceptors (Lipinski definition) is 3. The summed E-state index contributed by atoms with van der Waals surface area (Å²) in [5, 5.41) is 9.49. The normalized spacial score (nSPS) is 18.2. The zero-order chi connectivity index (χ0) is 19.9. The Kier molecular flexibility index (Phi) is 4.30. The third kappa shape index (κ3) is 3.19. The molecule has 1 amide bonds. The number of carbonyl (C=O) groups is 1. The van der Waals surface area contributed by atoms with Gasteiger partial charge in [0.2, 0.25) is 0 Å². The van der Waals surface area contributed by atoms with Crippen LogP contribution in [0.5, 0.6) is 5.75 Å². The topological polar surface area (TPSA) is 52.9 Å². The number of hydrogen-bond donors (Lipinski definition) is 1. The van der Waals surface area contributed by atoms with Crippen LogP contribution in [-0.2, 0) is 11.0 Å². The van der Waals surface area contributed by atoms with Crippen LogP contribution in [-0.4, -0.2) is 16.7 Å². The van der Waals surface area contributed by atoms with E-state index in [1.165, 1.54) is 29.2 Å². The summed E-state index contributed by atoms with van der Waals surface area (Å²) in [5.41, 5.74) is 1.65. The molecule has 0 aromatic heterocycles. The van der Waals surface area contributed by atoms with E-state index in [9.17, 15) is 23.1 Å². The molecular formula is C21H15F3N2O2. The summed E-state index contributed by atoms with van der Waals surface area (Å²) in [7, 11) is 0. The van der Waals surface area contributed by atoms with Gasteiger partial charge in [-0.2, -0.15) is 13.2 Å². The lowest BCUT2D eigenvalue weighted by Crippen LogP contribution is -2.26. The molecule has 1 aliphatic heterocycles. The minimum absolute atomic E-state index is 0.0856. The molecule has 0 atom stereocenters. The van der Waals surface area contributed by atoms with Crippen molar-refractivity contribution in [2.75, 3.05) is 4.90 Å². The van der Waals surface area contributed by atoms with E-state index in [-0.39, 0.29) is 23.1 Å². The molecule has 28 heavy (non-hydrogen) atoms. The van der Waals surface area contributed by atoms with Crippen LogP contribution in [0.15, 0.2) is 76.9 Å². The number of allylic oxidation sites excluding steroid dienone is 3. The molecule has 0 spiro atoms. The summed E-state index contributed by atoms with van der Waals surface area (Å²) in [5.74, 6) is -0.271. The van der Waals surface area contributed by atoms with Gasteiger partial charge in [-0.3, -0.25) is 9.69 Å². The van der Waals surface area contributed by atoms with Crippen molar-refractivity contribution in [2.45, 2.75) is 19.0 Å². The van der Waals surface area contributed by atoms with Gasteiger partial charge in [0.05, 0.1) is 16.9 Å². The highest BCUT2D eigenvalue weighted by molar-refractivity contribution is 6.55. The van der Waals surface area contributed by atoms with E-state index in [1.807, 2.05) is 12.2 Å². The maximum Gasteiger partial charge on any atom is 0.416 e. The number of halogens is 3. The third-order valence-corrected chi connectivity index (χ3v) is 4.57. The predicted octanol–water partition coefficient (Wildman–Crippen LogP) is 5.13. The van der Waals surface area contributed by atoms with Crippen LogP contribution in [0.4, 0.5) is 24.5 Å². The number of amides is 1. The lowest BCUT2D eigenvalue weighted by Gasteiger charge is -2.19. The molecule has 2 aromatic carbocycles. The molecule has 0 radical (unpaired) electrons. The fraction of sp³-hybridized carbons (Fsp3) is 0.143. The van der Waals surface area contributed by atoms with E-state index in [1.54, 1.807) is 12.1 Å². The van der Waals surface area contributed by atoms with Crippen LogP contribution in [0.3, 0.4) is 0 Å². The number of carbonyl (C=O) groups excluding carboxylic acids is 1. The number of benzene rings is 2. The van der Waals surface area contributed by atoms with E-state index < -0.39 is 11.7 Å². The predicted molar refractivity (Wildman–Crippen MR) is 99.5 cm³/mol. The van der Waals surface area contributed by atoms with E-state index in [2.05, 4.69) is 4.99 Å². The summed E-state index contributed by atoms with van der Waals surface area (Å²) >= 11 is 0. The number of anilines is 1. The Morgan fingerprint density at radius 1 is 0.929 bits per heavy atom. The monoisotopic (exact) mass is 384 g/mol. The number of nitrogens with zero attached hydrogens (tertiary/aromatic N) is 2. The smallest absolute Gasteiger partial charge is 0.416 e. The fourth-order valence-electron chi connectivity index (χ4n) is 3.24. The number of phenols is 1. The molecule has 4 rings (SSSR count). The van der Waals surface area contributed by atoms with Crippen LogP contribution in [0.2, 0.25) is 0 Å². The first-order valence-electron chi connectivity index (χ1n) is 8.65. The summed E-state index contributed by atoms with van der Waals surface area (Å²) < 4.78 is 38.2. The molecule has 0 bridgehead atoms. The van der Waals surface area contributed by atoms with Gasteiger partial charge in [-0.25, -0.2) is 4.99 Å². The van der Waals surface area contributed by atoms with Gasteiger partial charge in [-0.05, 0) is 61.4 Å². The highest BCUT2D eigenvalue weighted by atomic mass is 19.4. The van der Waals surface area contributed by atoms with Gasteiger partial charge < -0.3 is 5.11 Å². The second kappa shape index (κ2) is 6.67. The molecule has 1 heterocycles. The van der Waals surface area contributed by atoms with Crippen molar-refractivity contribution < 1.29 is 23.1 Å². The van der Waals surface area contributed by atoms with Crippen molar-refractivity contribution in [3.63, 3.8) is 0 Å². The lowest BCUT2D eigenvalue weighted by atomic mass is 10.0. The second-order valence-corrected chi connectivity index (χ2v) is 6.45. The van der Waals surface area contributed by atoms with Crippen molar-refractivity contribution in [1.82, 2.24) is 0 Å². The first-order chi connectivity index (χ1) is 13.3. The number of aromatic hydroxyl groups is 1. The van der Waals surface area contributed by atoms with Gasteiger partial charge in [-0.15, -0.1) is 0 Å². The van der Waals surface area contributed by atoms with E-state index in [0.717, 1.165) is 25.0 Å². The maximum absolute atomic E-state index is 13.1. The van der Waals surface area contributed by atoms with Crippen molar-refractivity contribution >= 4 is 23.0 Å². The van der Waals surface area contributed by atoms with Gasteiger partial charge in [0.1, 0.15) is 11.5 Å². The molecule has 4 nitrogen and oxygen atoms in total. The highest BCUT2D eigenvalue weighted by Gasteiger charge is 2.38. The quantitative estimate of drug-likeness (QED) is 0.780. The van der Waals surface area contributed by atoms with Crippen LogP contribution >= 0.6 is 0 Å².